The number of rotatable bonds is 13. The fourth-order valence-corrected chi connectivity index (χ4v) is 5.33. The highest BCUT2D eigenvalue weighted by Crippen LogP contribution is 2.30. The molecule has 0 spiro atoms. The predicted molar refractivity (Wildman–Crippen MR) is 149 cm³/mol. The van der Waals surface area contributed by atoms with Gasteiger partial charge < -0.3 is 15.0 Å². The van der Waals surface area contributed by atoms with Crippen molar-refractivity contribution in [3.8, 4) is 5.75 Å². The molecular formula is C27H38ClN3O5S. The van der Waals surface area contributed by atoms with E-state index in [0.29, 0.717) is 17.9 Å². The molecule has 2 amide bonds. The van der Waals surface area contributed by atoms with Crippen LogP contribution in [0, 0.1) is 6.92 Å². The third kappa shape index (κ3) is 8.93. The second-order valence-electron chi connectivity index (χ2n) is 9.36. The van der Waals surface area contributed by atoms with Gasteiger partial charge in [-0.15, -0.1) is 0 Å². The Balaban J connectivity index is 2.24. The van der Waals surface area contributed by atoms with Gasteiger partial charge in [-0.05, 0) is 57.4 Å². The van der Waals surface area contributed by atoms with Crippen molar-refractivity contribution in [2.45, 2.75) is 65.6 Å². The zero-order chi connectivity index (χ0) is 27.8. The standard InChI is InChI=1S/C27H38ClN3O5S/c1-7-24(27(33)29-19(2)3)30(18-21-11-8-10-20(4)16-21)26(32)12-9-15-31(37(6,34)35)22-13-14-25(36-5)23(28)17-22/h8,10-11,13-14,16-17,19,24H,7,9,12,15,18H2,1-6H3,(H,29,33)/t24-/m1/s1. The van der Waals surface area contributed by atoms with Gasteiger partial charge in [-0.3, -0.25) is 13.9 Å². The first-order chi connectivity index (χ1) is 17.4. The molecule has 0 radical (unpaired) electrons. The quantitative estimate of drug-likeness (QED) is 0.394. The minimum atomic E-state index is -3.63. The number of benzene rings is 2. The molecule has 8 nitrogen and oxygen atoms in total. The lowest BCUT2D eigenvalue weighted by Gasteiger charge is -2.31. The van der Waals surface area contributed by atoms with Crippen molar-refractivity contribution in [2.24, 2.45) is 0 Å². The van der Waals surface area contributed by atoms with Crippen LogP contribution in [0.1, 0.15) is 51.2 Å². The number of nitrogens with one attached hydrogen (secondary N) is 1. The first kappa shape index (κ1) is 30.4. The number of methoxy groups -OCH3 is 1. The summed E-state index contributed by atoms with van der Waals surface area (Å²) in [5.41, 5.74) is 2.38. The lowest BCUT2D eigenvalue weighted by atomic mass is 10.1. The van der Waals surface area contributed by atoms with Gasteiger partial charge in [-0.1, -0.05) is 48.4 Å². The summed E-state index contributed by atoms with van der Waals surface area (Å²) in [4.78, 5) is 28.0. The van der Waals surface area contributed by atoms with Crippen molar-refractivity contribution < 1.29 is 22.7 Å². The molecule has 0 bridgehead atoms. The molecule has 0 saturated carbocycles. The number of amides is 2. The molecule has 0 aliphatic heterocycles. The van der Waals surface area contributed by atoms with Gasteiger partial charge in [0.15, 0.2) is 0 Å². The van der Waals surface area contributed by atoms with Crippen molar-refractivity contribution in [3.05, 3.63) is 58.6 Å². The Morgan fingerprint density at radius 2 is 1.84 bits per heavy atom. The third-order valence-corrected chi connectivity index (χ3v) is 7.32. The minimum absolute atomic E-state index is 0.0582. The molecule has 0 aliphatic rings. The van der Waals surface area contributed by atoms with Crippen molar-refractivity contribution in [2.75, 3.05) is 24.2 Å². The Morgan fingerprint density at radius 1 is 1.14 bits per heavy atom. The molecule has 2 aromatic rings. The van der Waals surface area contributed by atoms with Gasteiger partial charge in [0.25, 0.3) is 0 Å². The summed E-state index contributed by atoms with van der Waals surface area (Å²) in [6, 6.07) is 11.9. The number of anilines is 1. The van der Waals surface area contributed by atoms with Crippen LogP contribution < -0.4 is 14.4 Å². The van der Waals surface area contributed by atoms with Crippen LogP contribution in [0.2, 0.25) is 5.02 Å². The molecule has 0 fully saturated rings. The van der Waals surface area contributed by atoms with Crippen LogP contribution in [0.15, 0.2) is 42.5 Å². The predicted octanol–water partition coefficient (Wildman–Crippen LogP) is 4.54. The summed E-state index contributed by atoms with van der Waals surface area (Å²) < 4.78 is 31.4. The normalized spacial score (nSPS) is 12.2. The Morgan fingerprint density at radius 3 is 2.38 bits per heavy atom. The van der Waals surface area contributed by atoms with E-state index in [1.165, 1.54) is 17.5 Å². The average molecular weight is 552 g/mol. The molecule has 204 valence electrons. The number of halogens is 1. The van der Waals surface area contributed by atoms with Crippen LogP contribution in [-0.2, 0) is 26.2 Å². The van der Waals surface area contributed by atoms with E-state index in [-0.39, 0.29) is 48.8 Å². The molecule has 0 aliphatic carbocycles. The van der Waals surface area contributed by atoms with Crippen molar-refractivity contribution in [1.82, 2.24) is 10.2 Å². The Bertz CT molecular complexity index is 1190. The van der Waals surface area contributed by atoms with Crippen molar-refractivity contribution in [3.63, 3.8) is 0 Å². The summed E-state index contributed by atoms with van der Waals surface area (Å²) in [5.74, 6) is 0.0173. The molecule has 2 aromatic carbocycles. The van der Waals surface area contributed by atoms with E-state index in [1.807, 2.05) is 52.0 Å². The van der Waals surface area contributed by atoms with E-state index < -0.39 is 16.1 Å². The molecular weight excluding hydrogens is 514 g/mol. The molecule has 37 heavy (non-hydrogen) atoms. The number of carbonyl (C=O) groups is 2. The zero-order valence-corrected chi connectivity index (χ0v) is 24.0. The number of hydrogen-bond acceptors (Lipinski definition) is 5. The van der Waals surface area contributed by atoms with E-state index in [0.717, 1.165) is 17.4 Å². The second-order valence-corrected chi connectivity index (χ2v) is 11.7. The smallest absolute Gasteiger partial charge is 0.243 e. The minimum Gasteiger partial charge on any atom is -0.495 e. The fraction of sp³-hybridized carbons (Fsp3) is 0.481. The molecule has 2 rings (SSSR count). The molecule has 0 unspecified atom stereocenters. The summed E-state index contributed by atoms with van der Waals surface area (Å²) in [6.45, 7) is 7.98. The molecule has 0 aromatic heterocycles. The van der Waals surface area contributed by atoms with Crippen LogP contribution in [0.5, 0.6) is 5.75 Å². The number of carbonyl (C=O) groups excluding carboxylic acids is 2. The SMILES string of the molecule is CC[C@H](C(=O)NC(C)C)N(Cc1cccc(C)c1)C(=O)CCCN(c1ccc(OC)c(Cl)c1)S(C)(=O)=O. The van der Waals surface area contributed by atoms with Gasteiger partial charge >= 0.3 is 0 Å². The van der Waals surface area contributed by atoms with Gasteiger partial charge in [-0.25, -0.2) is 8.42 Å². The van der Waals surface area contributed by atoms with Crippen LogP contribution in [0.25, 0.3) is 0 Å². The summed E-state index contributed by atoms with van der Waals surface area (Å²) in [6.07, 6.45) is 1.91. The lowest BCUT2D eigenvalue weighted by molar-refractivity contribution is -0.141. The largest absolute Gasteiger partial charge is 0.495 e. The monoisotopic (exact) mass is 551 g/mol. The highest BCUT2D eigenvalue weighted by molar-refractivity contribution is 7.92. The number of nitrogens with zero attached hydrogens (tertiary/aromatic N) is 2. The van der Waals surface area contributed by atoms with Crippen LogP contribution >= 0.6 is 11.6 Å². The average Bonchev–Trinajstić information content (AvgIpc) is 2.80. The van der Waals surface area contributed by atoms with E-state index in [9.17, 15) is 18.0 Å². The van der Waals surface area contributed by atoms with E-state index in [1.54, 1.807) is 17.0 Å². The Hall–Kier alpha value is -2.78. The van der Waals surface area contributed by atoms with Crippen molar-refractivity contribution in [1.29, 1.82) is 0 Å². The molecule has 10 heteroatoms. The van der Waals surface area contributed by atoms with Crippen LogP contribution in [0.3, 0.4) is 0 Å². The Kier molecular flexibility index (Phi) is 11.3. The number of ether oxygens (including phenoxy) is 1. The molecule has 0 heterocycles. The topological polar surface area (TPSA) is 96.0 Å². The van der Waals surface area contributed by atoms with Gasteiger partial charge in [-0.2, -0.15) is 0 Å². The summed E-state index contributed by atoms with van der Waals surface area (Å²) >= 11 is 6.21. The fourth-order valence-electron chi connectivity index (χ4n) is 4.12. The van der Waals surface area contributed by atoms with E-state index in [4.69, 9.17) is 16.3 Å². The number of aryl methyl sites for hydroxylation is 1. The molecule has 1 atom stereocenters. The summed E-state index contributed by atoms with van der Waals surface area (Å²) in [5, 5.41) is 3.20. The summed E-state index contributed by atoms with van der Waals surface area (Å²) in [7, 11) is -2.15. The maximum atomic E-state index is 13.5. The third-order valence-electron chi connectivity index (χ3n) is 5.83. The zero-order valence-electron chi connectivity index (χ0n) is 22.5. The first-order valence-electron chi connectivity index (χ1n) is 12.3. The second kappa shape index (κ2) is 13.7. The van der Waals surface area contributed by atoms with Crippen LogP contribution in [-0.4, -0.2) is 57.1 Å². The number of sulfonamides is 1. The molecule has 0 saturated heterocycles. The van der Waals surface area contributed by atoms with Gasteiger partial charge in [0.05, 0.1) is 24.1 Å². The van der Waals surface area contributed by atoms with Crippen LogP contribution in [0.4, 0.5) is 5.69 Å². The van der Waals surface area contributed by atoms with Gasteiger partial charge in [0, 0.05) is 25.6 Å². The van der Waals surface area contributed by atoms with Gasteiger partial charge in [0.1, 0.15) is 11.8 Å². The highest BCUT2D eigenvalue weighted by Gasteiger charge is 2.29. The van der Waals surface area contributed by atoms with Crippen molar-refractivity contribution >= 4 is 39.1 Å². The van der Waals surface area contributed by atoms with Gasteiger partial charge in [0.2, 0.25) is 21.8 Å². The number of hydrogen-bond donors (Lipinski definition) is 1. The maximum Gasteiger partial charge on any atom is 0.243 e. The maximum absolute atomic E-state index is 13.5. The van der Waals surface area contributed by atoms with E-state index >= 15 is 0 Å². The van der Waals surface area contributed by atoms with E-state index in [2.05, 4.69) is 5.32 Å². The highest BCUT2D eigenvalue weighted by atomic mass is 35.5. The molecule has 1 N–H and O–H groups in total. The Labute approximate surface area is 226 Å². The first-order valence-corrected chi connectivity index (χ1v) is 14.6. The lowest BCUT2D eigenvalue weighted by Crippen LogP contribution is -2.50.